The normalized spacial score (nSPS) is 28.3. The van der Waals surface area contributed by atoms with Gasteiger partial charge in [-0.05, 0) is 0 Å². The van der Waals surface area contributed by atoms with E-state index in [-0.39, 0.29) is 11.9 Å². The number of morpholine rings is 1. The van der Waals surface area contributed by atoms with Crippen LogP contribution in [0.2, 0.25) is 0 Å². The molecule has 1 heterocycles. The molecule has 0 bridgehead atoms. The Morgan fingerprint density at radius 2 is 2.50 bits per heavy atom. The Hall–Kier alpha value is -0.580. The average molecular weight is 144 g/mol. The molecule has 10 heavy (non-hydrogen) atoms. The van der Waals surface area contributed by atoms with Gasteiger partial charge in [0.05, 0.1) is 6.61 Å². The predicted molar refractivity (Wildman–Crippen MR) is 37.3 cm³/mol. The van der Waals surface area contributed by atoms with Crippen molar-refractivity contribution in [2.75, 3.05) is 19.7 Å². The second kappa shape index (κ2) is 3.01. The van der Waals surface area contributed by atoms with Crippen LogP contribution in [-0.4, -0.2) is 35.9 Å². The van der Waals surface area contributed by atoms with E-state index >= 15 is 0 Å². The zero-order valence-corrected chi connectivity index (χ0v) is 5.79. The van der Waals surface area contributed by atoms with E-state index in [2.05, 4.69) is 6.58 Å². The van der Waals surface area contributed by atoms with Crippen molar-refractivity contribution in [1.82, 2.24) is 5.01 Å². The molecule has 0 aromatic carbocycles. The van der Waals surface area contributed by atoms with Gasteiger partial charge in [0.1, 0.15) is 11.9 Å². The van der Waals surface area contributed by atoms with Gasteiger partial charge in [0.15, 0.2) is 0 Å². The van der Waals surface area contributed by atoms with Crippen molar-refractivity contribution >= 4 is 0 Å². The second-order valence-corrected chi connectivity index (χ2v) is 2.35. The first kappa shape index (κ1) is 7.53. The highest BCUT2D eigenvalue weighted by Gasteiger charge is 2.19. The molecule has 4 nitrogen and oxygen atoms in total. The molecule has 1 unspecified atom stereocenters. The van der Waals surface area contributed by atoms with Crippen molar-refractivity contribution in [3.63, 3.8) is 0 Å². The minimum absolute atomic E-state index is 0.0511. The van der Waals surface area contributed by atoms with Crippen LogP contribution < -0.4 is 5.84 Å². The van der Waals surface area contributed by atoms with Crippen molar-refractivity contribution in [1.29, 1.82) is 0 Å². The third-order valence-corrected chi connectivity index (χ3v) is 1.47. The summed E-state index contributed by atoms with van der Waals surface area (Å²) >= 11 is 0. The third kappa shape index (κ3) is 1.70. The summed E-state index contributed by atoms with van der Waals surface area (Å²) in [5.41, 5.74) is 0. The van der Waals surface area contributed by atoms with Crippen LogP contribution in [0.3, 0.4) is 0 Å². The van der Waals surface area contributed by atoms with Gasteiger partial charge in [-0.1, -0.05) is 6.58 Å². The average Bonchev–Trinajstić information content (AvgIpc) is 1.88. The highest BCUT2D eigenvalue weighted by Crippen LogP contribution is 2.06. The molecule has 0 aliphatic carbocycles. The molecular weight excluding hydrogens is 132 g/mol. The third-order valence-electron chi connectivity index (χ3n) is 1.47. The first-order valence-electron chi connectivity index (χ1n) is 3.19. The van der Waals surface area contributed by atoms with E-state index in [4.69, 9.17) is 15.7 Å². The lowest BCUT2D eigenvalue weighted by molar-refractivity contribution is -0.0271. The molecule has 0 saturated carbocycles. The van der Waals surface area contributed by atoms with Crippen molar-refractivity contribution in [2.24, 2.45) is 5.84 Å². The summed E-state index contributed by atoms with van der Waals surface area (Å²) in [5.74, 6) is 5.52. The van der Waals surface area contributed by atoms with Crippen LogP contribution in [0.4, 0.5) is 0 Å². The lowest BCUT2D eigenvalue weighted by Gasteiger charge is -2.28. The van der Waals surface area contributed by atoms with Crippen LogP contribution in [0.15, 0.2) is 12.3 Å². The zero-order chi connectivity index (χ0) is 7.56. The standard InChI is InChI=1S/C6H12N2O2/c1-5(9)6-4-8(7)2-3-10-6/h6,9H,1-4,7H2. The Morgan fingerprint density at radius 1 is 1.80 bits per heavy atom. The predicted octanol–water partition coefficient (Wildman–Crippen LogP) is -0.367. The molecule has 3 N–H and O–H groups in total. The number of hydrazine groups is 1. The number of aliphatic hydroxyl groups is 1. The summed E-state index contributed by atoms with van der Waals surface area (Å²) in [6.45, 7) is 5.15. The van der Waals surface area contributed by atoms with Crippen molar-refractivity contribution in [3.8, 4) is 0 Å². The van der Waals surface area contributed by atoms with Gasteiger partial charge in [-0.2, -0.15) is 0 Å². The van der Waals surface area contributed by atoms with E-state index in [1.54, 1.807) is 5.01 Å². The molecule has 0 radical (unpaired) electrons. The number of rotatable bonds is 1. The van der Waals surface area contributed by atoms with E-state index in [1.165, 1.54) is 0 Å². The maximum atomic E-state index is 8.89. The Labute approximate surface area is 59.8 Å². The van der Waals surface area contributed by atoms with Crippen LogP contribution in [0.25, 0.3) is 0 Å². The zero-order valence-electron chi connectivity index (χ0n) is 5.79. The lowest BCUT2D eigenvalue weighted by atomic mass is 10.3. The Bertz CT molecular complexity index is 138. The molecular formula is C6H12N2O2. The minimum atomic E-state index is -0.307. The van der Waals surface area contributed by atoms with Gasteiger partial charge in [0.25, 0.3) is 0 Å². The van der Waals surface area contributed by atoms with E-state index in [0.717, 1.165) is 0 Å². The van der Waals surface area contributed by atoms with Gasteiger partial charge >= 0.3 is 0 Å². The van der Waals surface area contributed by atoms with Gasteiger partial charge in [-0.3, -0.25) is 5.84 Å². The maximum Gasteiger partial charge on any atom is 0.128 e. The molecule has 0 aromatic heterocycles. The van der Waals surface area contributed by atoms with Crippen LogP contribution in [0, 0.1) is 0 Å². The lowest BCUT2D eigenvalue weighted by Crippen LogP contribution is -2.46. The SMILES string of the molecule is C=C(O)C1CN(N)CCO1. The quantitative estimate of drug-likeness (QED) is 0.389. The molecule has 1 rings (SSSR count). The first-order chi connectivity index (χ1) is 4.70. The number of nitrogens with two attached hydrogens (primary N) is 1. The van der Waals surface area contributed by atoms with E-state index < -0.39 is 0 Å². The van der Waals surface area contributed by atoms with E-state index in [0.29, 0.717) is 19.7 Å². The molecule has 0 aromatic rings. The van der Waals surface area contributed by atoms with E-state index in [1.807, 2.05) is 0 Å². The first-order valence-corrected chi connectivity index (χ1v) is 3.19. The molecule has 0 spiro atoms. The molecule has 58 valence electrons. The number of hydrogen-bond donors (Lipinski definition) is 2. The summed E-state index contributed by atoms with van der Waals surface area (Å²) < 4.78 is 5.14. The molecule has 4 heteroatoms. The summed E-state index contributed by atoms with van der Waals surface area (Å²) in [6, 6.07) is 0. The summed E-state index contributed by atoms with van der Waals surface area (Å²) in [4.78, 5) is 0. The fourth-order valence-electron chi connectivity index (χ4n) is 0.871. The fraction of sp³-hybridized carbons (Fsp3) is 0.667. The monoisotopic (exact) mass is 144 g/mol. The summed E-state index contributed by atoms with van der Waals surface area (Å²) in [6.07, 6.45) is -0.307. The minimum Gasteiger partial charge on any atom is -0.510 e. The van der Waals surface area contributed by atoms with Gasteiger partial charge in [0, 0.05) is 13.1 Å². The molecule has 1 aliphatic rings. The van der Waals surface area contributed by atoms with Crippen LogP contribution in [0.1, 0.15) is 0 Å². The Morgan fingerprint density at radius 3 is 2.90 bits per heavy atom. The molecule has 1 saturated heterocycles. The Kier molecular flexibility index (Phi) is 2.26. The second-order valence-electron chi connectivity index (χ2n) is 2.35. The Balaban J connectivity index is 2.39. The number of ether oxygens (including phenoxy) is 1. The van der Waals surface area contributed by atoms with E-state index in [9.17, 15) is 0 Å². The van der Waals surface area contributed by atoms with Gasteiger partial charge in [0.2, 0.25) is 0 Å². The van der Waals surface area contributed by atoms with Gasteiger partial charge < -0.3 is 9.84 Å². The smallest absolute Gasteiger partial charge is 0.128 e. The number of hydrogen-bond acceptors (Lipinski definition) is 4. The summed E-state index contributed by atoms with van der Waals surface area (Å²) in [5, 5.41) is 10.5. The topological polar surface area (TPSA) is 58.7 Å². The van der Waals surface area contributed by atoms with Crippen LogP contribution >= 0.6 is 0 Å². The highest BCUT2D eigenvalue weighted by atomic mass is 16.5. The number of nitrogens with zero attached hydrogens (tertiary/aromatic N) is 1. The van der Waals surface area contributed by atoms with Gasteiger partial charge in [-0.15, -0.1) is 0 Å². The van der Waals surface area contributed by atoms with Crippen LogP contribution in [-0.2, 0) is 4.74 Å². The summed E-state index contributed by atoms with van der Waals surface area (Å²) in [7, 11) is 0. The fourth-order valence-corrected chi connectivity index (χ4v) is 0.871. The maximum absolute atomic E-state index is 8.89. The van der Waals surface area contributed by atoms with Crippen molar-refractivity contribution in [3.05, 3.63) is 12.3 Å². The molecule has 1 atom stereocenters. The van der Waals surface area contributed by atoms with Gasteiger partial charge in [-0.25, -0.2) is 5.01 Å². The molecule has 1 aliphatic heterocycles. The number of aliphatic hydroxyl groups excluding tert-OH is 1. The van der Waals surface area contributed by atoms with Crippen molar-refractivity contribution < 1.29 is 9.84 Å². The molecule has 0 amide bonds. The highest BCUT2D eigenvalue weighted by molar-refractivity contribution is 4.92. The molecule has 1 fully saturated rings. The van der Waals surface area contributed by atoms with Crippen LogP contribution in [0.5, 0.6) is 0 Å². The largest absolute Gasteiger partial charge is 0.510 e. The van der Waals surface area contributed by atoms with Crippen molar-refractivity contribution in [2.45, 2.75) is 6.10 Å².